The van der Waals surface area contributed by atoms with Gasteiger partial charge >= 0.3 is 0 Å². The van der Waals surface area contributed by atoms with Gasteiger partial charge in [0, 0.05) is 6.54 Å². The third kappa shape index (κ3) is 6.26. The van der Waals surface area contributed by atoms with Crippen molar-refractivity contribution in [1.82, 2.24) is 5.32 Å². The lowest BCUT2D eigenvalue weighted by atomic mass is 9.89. The van der Waals surface area contributed by atoms with Crippen LogP contribution in [0.2, 0.25) is 0 Å². The van der Waals surface area contributed by atoms with E-state index in [0.29, 0.717) is 0 Å². The average molecular weight is 260 g/mol. The molecule has 104 valence electrons. The first-order chi connectivity index (χ1) is 9.07. The van der Waals surface area contributed by atoms with Crippen LogP contribution in [0.3, 0.4) is 0 Å². The van der Waals surface area contributed by atoms with E-state index in [2.05, 4.69) is 23.5 Å². The van der Waals surface area contributed by atoms with Gasteiger partial charge in [-0.3, -0.25) is 0 Å². The van der Waals surface area contributed by atoms with Crippen molar-refractivity contribution in [1.29, 1.82) is 5.26 Å². The van der Waals surface area contributed by atoms with Crippen LogP contribution in [0.25, 0.3) is 0 Å². The third-order valence-corrected chi connectivity index (χ3v) is 3.20. The summed E-state index contributed by atoms with van der Waals surface area (Å²) in [5.74, 6) is 0.891. The molecular formula is C16H24N2O. The standard InChI is InChI=1S/C16H24N2O/c1-16(2,13-17)10-4-5-11-18-12-14-6-8-15(19-3)9-7-14/h6-9,18H,4-5,10-12H2,1-3H3. The Morgan fingerprint density at radius 2 is 1.89 bits per heavy atom. The summed E-state index contributed by atoms with van der Waals surface area (Å²) >= 11 is 0. The summed E-state index contributed by atoms with van der Waals surface area (Å²) in [6.07, 6.45) is 3.17. The minimum atomic E-state index is -0.185. The van der Waals surface area contributed by atoms with Crippen molar-refractivity contribution < 1.29 is 4.74 Å². The molecule has 0 radical (unpaired) electrons. The van der Waals surface area contributed by atoms with E-state index in [0.717, 1.165) is 38.1 Å². The molecule has 0 spiro atoms. The summed E-state index contributed by atoms with van der Waals surface area (Å²) in [5, 5.41) is 12.3. The predicted octanol–water partition coefficient (Wildman–Crippen LogP) is 3.50. The van der Waals surface area contributed by atoms with Crippen LogP contribution in [0, 0.1) is 16.7 Å². The first-order valence-electron chi connectivity index (χ1n) is 6.82. The lowest BCUT2D eigenvalue weighted by Gasteiger charge is -2.14. The predicted molar refractivity (Wildman–Crippen MR) is 77.9 cm³/mol. The van der Waals surface area contributed by atoms with Crippen molar-refractivity contribution in [3.8, 4) is 11.8 Å². The maximum absolute atomic E-state index is 8.91. The van der Waals surface area contributed by atoms with Gasteiger partial charge in [-0.2, -0.15) is 5.26 Å². The van der Waals surface area contributed by atoms with E-state index in [1.54, 1.807) is 7.11 Å². The number of ether oxygens (including phenoxy) is 1. The molecule has 0 aromatic heterocycles. The summed E-state index contributed by atoms with van der Waals surface area (Å²) < 4.78 is 5.12. The van der Waals surface area contributed by atoms with Crippen LogP contribution < -0.4 is 10.1 Å². The van der Waals surface area contributed by atoms with Gasteiger partial charge in [-0.05, 0) is 50.9 Å². The molecule has 0 saturated heterocycles. The summed E-state index contributed by atoms with van der Waals surface area (Å²) in [7, 11) is 1.68. The third-order valence-electron chi connectivity index (χ3n) is 3.20. The van der Waals surface area contributed by atoms with Crippen molar-refractivity contribution >= 4 is 0 Å². The number of nitrogens with one attached hydrogen (secondary N) is 1. The Morgan fingerprint density at radius 3 is 2.47 bits per heavy atom. The van der Waals surface area contributed by atoms with Crippen LogP contribution in [0.1, 0.15) is 38.7 Å². The molecule has 1 aromatic carbocycles. The second kappa shape index (κ2) is 7.81. The molecular weight excluding hydrogens is 236 g/mol. The number of methoxy groups -OCH3 is 1. The minimum absolute atomic E-state index is 0.185. The molecule has 1 rings (SSSR count). The zero-order valence-corrected chi connectivity index (χ0v) is 12.2. The van der Waals surface area contributed by atoms with E-state index < -0.39 is 0 Å². The SMILES string of the molecule is COc1ccc(CNCCCCC(C)(C)C#N)cc1. The van der Waals surface area contributed by atoms with Gasteiger partial charge < -0.3 is 10.1 Å². The Morgan fingerprint density at radius 1 is 1.21 bits per heavy atom. The van der Waals surface area contributed by atoms with Crippen LogP contribution in [-0.4, -0.2) is 13.7 Å². The van der Waals surface area contributed by atoms with Crippen molar-refractivity contribution in [2.75, 3.05) is 13.7 Å². The van der Waals surface area contributed by atoms with E-state index in [4.69, 9.17) is 10.00 Å². The Balaban J connectivity index is 2.12. The second-order valence-electron chi connectivity index (χ2n) is 5.48. The van der Waals surface area contributed by atoms with Gasteiger partial charge in [0.15, 0.2) is 0 Å². The van der Waals surface area contributed by atoms with Gasteiger partial charge in [0.2, 0.25) is 0 Å². The molecule has 0 atom stereocenters. The zero-order valence-electron chi connectivity index (χ0n) is 12.2. The van der Waals surface area contributed by atoms with Crippen molar-refractivity contribution in [2.24, 2.45) is 5.41 Å². The number of nitriles is 1. The number of rotatable bonds is 8. The molecule has 0 unspecified atom stereocenters. The van der Waals surface area contributed by atoms with E-state index in [1.807, 2.05) is 26.0 Å². The molecule has 19 heavy (non-hydrogen) atoms. The molecule has 3 nitrogen and oxygen atoms in total. The van der Waals surface area contributed by atoms with Gasteiger partial charge in [0.05, 0.1) is 18.6 Å². The highest BCUT2D eigenvalue weighted by Gasteiger charge is 2.15. The maximum atomic E-state index is 8.91. The number of unbranched alkanes of at least 4 members (excludes halogenated alkanes) is 1. The van der Waals surface area contributed by atoms with Gasteiger partial charge in [0.25, 0.3) is 0 Å². The summed E-state index contributed by atoms with van der Waals surface area (Å²) in [5.41, 5.74) is 1.08. The molecule has 3 heteroatoms. The van der Waals surface area contributed by atoms with Gasteiger partial charge in [-0.1, -0.05) is 18.6 Å². The van der Waals surface area contributed by atoms with Gasteiger partial charge in [-0.25, -0.2) is 0 Å². The highest BCUT2D eigenvalue weighted by Crippen LogP contribution is 2.21. The molecule has 0 aliphatic carbocycles. The number of nitrogens with zero attached hydrogens (tertiary/aromatic N) is 1. The average Bonchev–Trinajstić information content (AvgIpc) is 2.43. The molecule has 1 N–H and O–H groups in total. The Kier molecular flexibility index (Phi) is 6.38. The highest BCUT2D eigenvalue weighted by molar-refractivity contribution is 5.26. The molecule has 0 aliphatic heterocycles. The zero-order chi connectivity index (χ0) is 14.1. The fourth-order valence-corrected chi connectivity index (χ4v) is 1.85. The van der Waals surface area contributed by atoms with Crippen molar-refractivity contribution in [2.45, 2.75) is 39.7 Å². The quantitative estimate of drug-likeness (QED) is 0.728. The monoisotopic (exact) mass is 260 g/mol. The Bertz CT molecular complexity index is 404. The summed E-state index contributed by atoms with van der Waals surface area (Å²) in [4.78, 5) is 0. The highest BCUT2D eigenvalue weighted by atomic mass is 16.5. The van der Waals surface area contributed by atoms with E-state index in [9.17, 15) is 0 Å². The fraction of sp³-hybridized carbons (Fsp3) is 0.562. The molecule has 0 aliphatic rings. The van der Waals surface area contributed by atoms with Crippen LogP contribution in [-0.2, 0) is 6.54 Å². The summed E-state index contributed by atoms with van der Waals surface area (Å²) in [6, 6.07) is 10.4. The normalized spacial score (nSPS) is 11.1. The lowest BCUT2D eigenvalue weighted by molar-refractivity contribution is 0.414. The maximum Gasteiger partial charge on any atom is 0.118 e. The molecule has 0 amide bonds. The summed E-state index contributed by atoms with van der Waals surface area (Å²) in [6.45, 7) is 5.87. The van der Waals surface area contributed by atoms with Gasteiger partial charge in [-0.15, -0.1) is 0 Å². The van der Waals surface area contributed by atoms with Crippen LogP contribution in [0.15, 0.2) is 24.3 Å². The Labute approximate surface area is 116 Å². The molecule has 1 aromatic rings. The first-order valence-corrected chi connectivity index (χ1v) is 6.82. The van der Waals surface area contributed by atoms with Crippen LogP contribution >= 0.6 is 0 Å². The number of hydrogen-bond acceptors (Lipinski definition) is 3. The molecule has 0 saturated carbocycles. The molecule has 0 bridgehead atoms. The van der Waals surface area contributed by atoms with Crippen molar-refractivity contribution in [3.05, 3.63) is 29.8 Å². The fourth-order valence-electron chi connectivity index (χ4n) is 1.85. The van der Waals surface area contributed by atoms with Crippen LogP contribution in [0.5, 0.6) is 5.75 Å². The smallest absolute Gasteiger partial charge is 0.118 e. The second-order valence-corrected chi connectivity index (χ2v) is 5.48. The van der Waals surface area contributed by atoms with Gasteiger partial charge in [0.1, 0.15) is 5.75 Å². The van der Waals surface area contributed by atoms with E-state index in [1.165, 1.54) is 5.56 Å². The topological polar surface area (TPSA) is 45.0 Å². The Hall–Kier alpha value is -1.53. The largest absolute Gasteiger partial charge is 0.497 e. The van der Waals surface area contributed by atoms with Crippen molar-refractivity contribution in [3.63, 3.8) is 0 Å². The number of benzene rings is 1. The number of hydrogen-bond donors (Lipinski definition) is 1. The first kappa shape index (κ1) is 15.5. The lowest BCUT2D eigenvalue weighted by Crippen LogP contribution is -2.15. The van der Waals surface area contributed by atoms with Crippen LogP contribution in [0.4, 0.5) is 0 Å². The minimum Gasteiger partial charge on any atom is -0.497 e. The van der Waals surface area contributed by atoms with E-state index >= 15 is 0 Å². The molecule has 0 fully saturated rings. The molecule has 0 heterocycles. The van der Waals surface area contributed by atoms with E-state index in [-0.39, 0.29) is 5.41 Å².